The Kier molecular flexibility index (Phi) is 6.23. The van der Waals surface area contributed by atoms with Crippen molar-refractivity contribution >= 4 is 23.3 Å². The van der Waals surface area contributed by atoms with E-state index in [1.807, 2.05) is 30.3 Å². The van der Waals surface area contributed by atoms with Gasteiger partial charge in [0.1, 0.15) is 0 Å². The minimum Gasteiger partial charge on any atom is -0.337 e. The minimum absolute atomic E-state index is 0.130. The van der Waals surface area contributed by atoms with E-state index in [0.29, 0.717) is 29.0 Å². The predicted molar refractivity (Wildman–Crippen MR) is 112 cm³/mol. The molecule has 3 aromatic carbocycles. The van der Waals surface area contributed by atoms with Gasteiger partial charge in [0, 0.05) is 30.5 Å². The Morgan fingerprint density at radius 2 is 1.45 bits per heavy atom. The molecule has 0 bridgehead atoms. The lowest BCUT2D eigenvalue weighted by Crippen LogP contribution is -2.26. The molecule has 0 unspecified atom stereocenters. The quantitative estimate of drug-likeness (QED) is 0.680. The van der Waals surface area contributed by atoms with Crippen molar-refractivity contribution in [2.75, 3.05) is 17.7 Å². The molecular formula is C23H20N4O2. The molecule has 6 nitrogen and oxygen atoms in total. The van der Waals surface area contributed by atoms with E-state index in [1.54, 1.807) is 60.5 Å². The molecule has 0 aliphatic rings. The van der Waals surface area contributed by atoms with Crippen LogP contribution in [0.3, 0.4) is 0 Å². The number of urea groups is 1. The van der Waals surface area contributed by atoms with Gasteiger partial charge in [-0.1, -0.05) is 30.3 Å². The molecule has 0 saturated carbocycles. The lowest BCUT2D eigenvalue weighted by molar-refractivity contribution is 0.0785. The van der Waals surface area contributed by atoms with Gasteiger partial charge in [-0.25, -0.2) is 4.79 Å². The van der Waals surface area contributed by atoms with E-state index >= 15 is 0 Å². The first-order valence-electron chi connectivity index (χ1n) is 9.03. The van der Waals surface area contributed by atoms with E-state index in [-0.39, 0.29) is 11.9 Å². The third-order valence-corrected chi connectivity index (χ3v) is 4.27. The van der Waals surface area contributed by atoms with E-state index in [0.717, 1.165) is 5.56 Å². The molecule has 0 heterocycles. The zero-order valence-corrected chi connectivity index (χ0v) is 15.9. The molecule has 0 aromatic heterocycles. The molecular weight excluding hydrogens is 364 g/mol. The van der Waals surface area contributed by atoms with Crippen molar-refractivity contribution in [2.24, 2.45) is 0 Å². The lowest BCUT2D eigenvalue weighted by Gasteiger charge is -2.17. The summed E-state index contributed by atoms with van der Waals surface area (Å²) in [7, 11) is 1.72. The lowest BCUT2D eigenvalue weighted by atomic mass is 10.1. The van der Waals surface area contributed by atoms with Crippen molar-refractivity contribution in [2.45, 2.75) is 6.54 Å². The maximum Gasteiger partial charge on any atom is 0.323 e. The van der Waals surface area contributed by atoms with Gasteiger partial charge in [0.2, 0.25) is 0 Å². The number of benzene rings is 3. The fourth-order valence-electron chi connectivity index (χ4n) is 2.76. The van der Waals surface area contributed by atoms with Crippen LogP contribution in [0.25, 0.3) is 0 Å². The Morgan fingerprint density at radius 1 is 0.862 bits per heavy atom. The molecule has 0 aliphatic carbocycles. The summed E-state index contributed by atoms with van der Waals surface area (Å²) in [5.74, 6) is -0.130. The fraction of sp³-hybridized carbons (Fsp3) is 0.0870. The van der Waals surface area contributed by atoms with Crippen LogP contribution in [0.1, 0.15) is 21.5 Å². The smallest absolute Gasteiger partial charge is 0.323 e. The number of nitrogens with zero attached hydrogens (tertiary/aromatic N) is 2. The van der Waals surface area contributed by atoms with E-state index in [9.17, 15) is 9.59 Å². The van der Waals surface area contributed by atoms with Crippen LogP contribution in [-0.2, 0) is 6.54 Å². The van der Waals surface area contributed by atoms with Crippen molar-refractivity contribution < 1.29 is 9.59 Å². The second-order valence-electron chi connectivity index (χ2n) is 6.49. The van der Waals surface area contributed by atoms with Gasteiger partial charge in [0.25, 0.3) is 5.91 Å². The normalized spacial score (nSPS) is 9.93. The number of amides is 3. The maximum atomic E-state index is 12.6. The SMILES string of the molecule is CN(Cc1ccc(C#N)cc1)C(=O)c1ccc(NC(=O)Nc2ccccc2)cc1. The molecule has 0 fully saturated rings. The molecule has 6 heteroatoms. The largest absolute Gasteiger partial charge is 0.337 e. The Balaban J connectivity index is 1.57. The molecule has 0 aliphatic heterocycles. The standard InChI is InChI=1S/C23H20N4O2/c1-27(16-18-9-7-17(15-24)8-10-18)22(28)19-11-13-21(14-12-19)26-23(29)25-20-5-3-2-4-6-20/h2-14H,16H2,1H3,(H2,25,26,29). The number of hydrogen-bond donors (Lipinski definition) is 2. The Hall–Kier alpha value is -4.11. The molecule has 3 aromatic rings. The average Bonchev–Trinajstić information content (AvgIpc) is 2.75. The van der Waals surface area contributed by atoms with Gasteiger partial charge >= 0.3 is 6.03 Å². The second kappa shape index (κ2) is 9.20. The van der Waals surface area contributed by atoms with E-state index in [1.165, 1.54) is 0 Å². The number of rotatable bonds is 5. The Labute approximate surface area is 169 Å². The molecule has 0 saturated heterocycles. The molecule has 3 rings (SSSR count). The van der Waals surface area contributed by atoms with E-state index < -0.39 is 0 Å². The van der Waals surface area contributed by atoms with Crippen molar-refractivity contribution in [3.63, 3.8) is 0 Å². The molecule has 144 valence electrons. The Morgan fingerprint density at radius 3 is 2.03 bits per heavy atom. The molecule has 0 radical (unpaired) electrons. The molecule has 3 amide bonds. The van der Waals surface area contributed by atoms with Crippen LogP contribution >= 0.6 is 0 Å². The molecule has 0 atom stereocenters. The summed E-state index contributed by atoms with van der Waals surface area (Å²) in [6, 6.07) is 24.7. The summed E-state index contributed by atoms with van der Waals surface area (Å²) >= 11 is 0. The van der Waals surface area contributed by atoms with Crippen molar-refractivity contribution in [3.05, 3.63) is 95.6 Å². The van der Waals surface area contributed by atoms with Crippen LogP contribution in [0.2, 0.25) is 0 Å². The summed E-state index contributed by atoms with van der Waals surface area (Å²) in [5.41, 5.74) is 3.33. The molecule has 2 N–H and O–H groups in total. The number of nitrogens with one attached hydrogen (secondary N) is 2. The van der Waals surface area contributed by atoms with Gasteiger partial charge < -0.3 is 15.5 Å². The first-order chi connectivity index (χ1) is 14.0. The first-order valence-corrected chi connectivity index (χ1v) is 9.03. The van der Waals surface area contributed by atoms with Gasteiger partial charge in [0.05, 0.1) is 11.6 Å². The highest BCUT2D eigenvalue weighted by molar-refractivity contribution is 6.00. The number of hydrogen-bond acceptors (Lipinski definition) is 3. The van der Waals surface area contributed by atoms with Crippen molar-refractivity contribution in [1.82, 2.24) is 4.90 Å². The van der Waals surface area contributed by atoms with E-state index in [2.05, 4.69) is 16.7 Å². The van der Waals surface area contributed by atoms with Crippen LogP contribution < -0.4 is 10.6 Å². The Bertz CT molecular complexity index is 1020. The van der Waals surface area contributed by atoms with Crippen LogP contribution in [0, 0.1) is 11.3 Å². The maximum absolute atomic E-state index is 12.6. The number of anilines is 2. The predicted octanol–water partition coefficient (Wildman–Crippen LogP) is 4.47. The molecule has 0 spiro atoms. The summed E-state index contributed by atoms with van der Waals surface area (Å²) in [6.07, 6.45) is 0. The highest BCUT2D eigenvalue weighted by atomic mass is 16.2. The van der Waals surface area contributed by atoms with Crippen LogP contribution in [-0.4, -0.2) is 23.9 Å². The van der Waals surface area contributed by atoms with Gasteiger partial charge in [0.15, 0.2) is 0 Å². The minimum atomic E-state index is -0.354. The van der Waals surface area contributed by atoms with Gasteiger partial charge in [-0.3, -0.25) is 4.79 Å². The van der Waals surface area contributed by atoms with E-state index in [4.69, 9.17) is 5.26 Å². The topological polar surface area (TPSA) is 85.2 Å². The summed E-state index contributed by atoms with van der Waals surface area (Å²) in [5, 5.41) is 14.3. The zero-order chi connectivity index (χ0) is 20.6. The van der Waals surface area contributed by atoms with Gasteiger partial charge in [-0.2, -0.15) is 5.26 Å². The highest BCUT2D eigenvalue weighted by Crippen LogP contribution is 2.14. The summed E-state index contributed by atoms with van der Waals surface area (Å²) in [6.45, 7) is 0.435. The number of carbonyl (C=O) groups is 2. The third kappa shape index (κ3) is 5.44. The van der Waals surface area contributed by atoms with Gasteiger partial charge in [-0.15, -0.1) is 0 Å². The fourth-order valence-corrected chi connectivity index (χ4v) is 2.76. The van der Waals surface area contributed by atoms with Crippen LogP contribution in [0.5, 0.6) is 0 Å². The first kappa shape index (κ1) is 19.6. The number of para-hydroxylation sites is 1. The third-order valence-electron chi connectivity index (χ3n) is 4.27. The summed E-state index contributed by atoms with van der Waals surface area (Å²) in [4.78, 5) is 26.3. The average molecular weight is 384 g/mol. The monoisotopic (exact) mass is 384 g/mol. The van der Waals surface area contributed by atoms with Crippen LogP contribution in [0.4, 0.5) is 16.2 Å². The number of nitriles is 1. The van der Waals surface area contributed by atoms with Crippen molar-refractivity contribution in [1.29, 1.82) is 5.26 Å². The summed E-state index contributed by atoms with van der Waals surface area (Å²) < 4.78 is 0. The zero-order valence-electron chi connectivity index (χ0n) is 15.9. The van der Waals surface area contributed by atoms with Crippen LogP contribution in [0.15, 0.2) is 78.9 Å². The molecule has 29 heavy (non-hydrogen) atoms. The second-order valence-corrected chi connectivity index (χ2v) is 6.49. The highest BCUT2D eigenvalue weighted by Gasteiger charge is 2.12. The van der Waals surface area contributed by atoms with Gasteiger partial charge in [-0.05, 0) is 54.1 Å². The van der Waals surface area contributed by atoms with Crippen molar-refractivity contribution in [3.8, 4) is 6.07 Å². The number of carbonyl (C=O) groups excluding carboxylic acids is 2.